The SMILES string of the molecule is CCCN1CCC[C@H]1C(=O)N1CCC[C@@H](N)C1. The standard InChI is InChI=1S/C13H25N3O/c1-2-7-15-8-4-6-12(15)13(17)16-9-3-5-11(14)10-16/h11-12H,2-10,14H2,1H3/t11-,12+/m1/s1. The summed E-state index contributed by atoms with van der Waals surface area (Å²) in [5.41, 5.74) is 5.95. The Kier molecular flexibility index (Phi) is 4.40. The van der Waals surface area contributed by atoms with Crippen LogP contribution in [0.25, 0.3) is 0 Å². The van der Waals surface area contributed by atoms with E-state index in [4.69, 9.17) is 5.73 Å². The zero-order valence-corrected chi connectivity index (χ0v) is 10.9. The Bertz CT molecular complexity index is 269. The molecular weight excluding hydrogens is 214 g/mol. The van der Waals surface area contributed by atoms with Crippen LogP contribution < -0.4 is 5.73 Å². The highest BCUT2D eigenvalue weighted by Gasteiger charge is 2.34. The third kappa shape index (κ3) is 2.99. The minimum atomic E-state index is 0.139. The van der Waals surface area contributed by atoms with Gasteiger partial charge in [0.25, 0.3) is 0 Å². The normalized spacial score (nSPS) is 30.8. The van der Waals surface area contributed by atoms with Gasteiger partial charge in [0.1, 0.15) is 0 Å². The van der Waals surface area contributed by atoms with Crippen molar-refractivity contribution in [2.24, 2.45) is 5.73 Å². The number of nitrogens with zero attached hydrogens (tertiary/aromatic N) is 2. The number of nitrogens with two attached hydrogens (primary N) is 1. The summed E-state index contributed by atoms with van der Waals surface area (Å²) in [4.78, 5) is 16.8. The van der Waals surface area contributed by atoms with Gasteiger partial charge < -0.3 is 10.6 Å². The van der Waals surface area contributed by atoms with Crippen LogP contribution in [0.4, 0.5) is 0 Å². The van der Waals surface area contributed by atoms with Gasteiger partial charge in [0.05, 0.1) is 6.04 Å². The van der Waals surface area contributed by atoms with Gasteiger partial charge in [0.2, 0.25) is 5.91 Å². The van der Waals surface area contributed by atoms with Gasteiger partial charge >= 0.3 is 0 Å². The molecule has 98 valence electrons. The van der Waals surface area contributed by atoms with Crippen LogP contribution in [0.15, 0.2) is 0 Å². The molecule has 0 aliphatic carbocycles. The predicted octanol–water partition coefficient (Wildman–Crippen LogP) is 0.811. The average Bonchev–Trinajstić information content (AvgIpc) is 2.77. The van der Waals surface area contributed by atoms with Gasteiger partial charge in [0, 0.05) is 19.1 Å². The Morgan fingerprint density at radius 2 is 2.06 bits per heavy atom. The second-order valence-electron chi connectivity index (χ2n) is 5.38. The molecule has 0 aromatic carbocycles. The molecule has 0 bridgehead atoms. The number of hydrogen-bond acceptors (Lipinski definition) is 3. The maximum atomic E-state index is 12.5. The highest BCUT2D eigenvalue weighted by atomic mass is 16.2. The molecule has 0 unspecified atom stereocenters. The number of likely N-dealkylation sites (tertiary alicyclic amines) is 2. The molecule has 4 nitrogen and oxygen atoms in total. The van der Waals surface area contributed by atoms with E-state index >= 15 is 0 Å². The van der Waals surface area contributed by atoms with E-state index in [1.54, 1.807) is 0 Å². The van der Waals surface area contributed by atoms with Crippen molar-refractivity contribution in [1.29, 1.82) is 0 Å². The summed E-state index contributed by atoms with van der Waals surface area (Å²) >= 11 is 0. The highest BCUT2D eigenvalue weighted by Crippen LogP contribution is 2.21. The largest absolute Gasteiger partial charge is 0.340 e. The molecule has 2 saturated heterocycles. The fraction of sp³-hybridized carbons (Fsp3) is 0.923. The van der Waals surface area contributed by atoms with E-state index in [9.17, 15) is 4.79 Å². The molecule has 2 heterocycles. The molecule has 2 atom stereocenters. The summed E-state index contributed by atoms with van der Waals surface area (Å²) in [6.45, 7) is 5.98. The van der Waals surface area contributed by atoms with E-state index in [-0.39, 0.29) is 12.1 Å². The Balaban J connectivity index is 1.93. The van der Waals surface area contributed by atoms with Gasteiger partial charge in [-0.1, -0.05) is 6.92 Å². The first kappa shape index (κ1) is 12.8. The van der Waals surface area contributed by atoms with Crippen molar-refractivity contribution in [3.05, 3.63) is 0 Å². The van der Waals surface area contributed by atoms with Gasteiger partial charge in [-0.15, -0.1) is 0 Å². The summed E-state index contributed by atoms with van der Waals surface area (Å²) in [5, 5.41) is 0. The molecule has 0 saturated carbocycles. The molecule has 0 aromatic heterocycles. The van der Waals surface area contributed by atoms with Crippen LogP contribution in [0.5, 0.6) is 0 Å². The fourth-order valence-corrected chi connectivity index (χ4v) is 3.08. The number of amides is 1. The summed E-state index contributed by atoms with van der Waals surface area (Å²) < 4.78 is 0. The molecule has 2 rings (SSSR count). The van der Waals surface area contributed by atoms with Gasteiger partial charge in [-0.3, -0.25) is 9.69 Å². The van der Waals surface area contributed by atoms with Crippen molar-refractivity contribution < 1.29 is 4.79 Å². The van der Waals surface area contributed by atoms with E-state index in [1.165, 1.54) is 0 Å². The Morgan fingerprint density at radius 1 is 1.29 bits per heavy atom. The van der Waals surface area contributed by atoms with Crippen LogP contribution in [0.2, 0.25) is 0 Å². The van der Waals surface area contributed by atoms with E-state index in [0.29, 0.717) is 5.91 Å². The van der Waals surface area contributed by atoms with Crippen LogP contribution in [0.1, 0.15) is 39.0 Å². The first-order valence-electron chi connectivity index (χ1n) is 7.00. The Morgan fingerprint density at radius 3 is 2.76 bits per heavy atom. The first-order valence-corrected chi connectivity index (χ1v) is 7.00. The molecule has 2 aliphatic heterocycles. The molecule has 2 fully saturated rings. The zero-order chi connectivity index (χ0) is 12.3. The Hall–Kier alpha value is -0.610. The third-order valence-electron chi connectivity index (χ3n) is 3.93. The summed E-state index contributed by atoms with van der Waals surface area (Å²) in [7, 11) is 0. The third-order valence-corrected chi connectivity index (χ3v) is 3.93. The van der Waals surface area contributed by atoms with Crippen molar-refractivity contribution >= 4 is 5.91 Å². The second kappa shape index (κ2) is 5.83. The summed E-state index contributed by atoms with van der Waals surface area (Å²) in [6.07, 6.45) is 5.45. The monoisotopic (exact) mass is 239 g/mol. The van der Waals surface area contributed by atoms with Crippen LogP contribution in [0, 0.1) is 0 Å². The lowest BCUT2D eigenvalue weighted by atomic mass is 10.0. The van der Waals surface area contributed by atoms with E-state index in [1.807, 2.05) is 4.90 Å². The van der Waals surface area contributed by atoms with E-state index in [0.717, 1.165) is 58.3 Å². The highest BCUT2D eigenvalue weighted by molar-refractivity contribution is 5.82. The molecule has 2 aliphatic rings. The lowest BCUT2D eigenvalue weighted by molar-refractivity contribution is -0.137. The number of carbonyl (C=O) groups is 1. The summed E-state index contributed by atoms with van der Waals surface area (Å²) in [5.74, 6) is 0.325. The smallest absolute Gasteiger partial charge is 0.239 e. The van der Waals surface area contributed by atoms with Gasteiger partial charge in [-0.2, -0.15) is 0 Å². The fourth-order valence-electron chi connectivity index (χ4n) is 3.08. The zero-order valence-electron chi connectivity index (χ0n) is 10.9. The minimum absolute atomic E-state index is 0.139. The molecule has 17 heavy (non-hydrogen) atoms. The topological polar surface area (TPSA) is 49.6 Å². The molecule has 0 aromatic rings. The quantitative estimate of drug-likeness (QED) is 0.793. The van der Waals surface area contributed by atoms with Crippen molar-refractivity contribution in [3.63, 3.8) is 0 Å². The molecule has 1 amide bonds. The van der Waals surface area contributed by atoms with Crippen molar-refractivity contribution in [2.45, 2.75) is 51.1 Å². The number of rotatable bonds is 3. The first-order chi connectivity index (χ1) is 8.22. The van der Waals surface area contributed by atoms with Crippen molar-refractivity contribution in [2.75, 3.05) is 26.2 Å². The summed E-state index contributed by atoms with van der Waals surface area (Å²) in [6, 6.07) is 0.328. The number of hydrogen-bond donors (Lipinski definition) is 1. The predicted molar refractivity (Wildman–Crippen MR) is 68.7 cm³/mol. The van der Waals surface area contributed by atoms with Crippen LogP contribution in [-0.2, 0) is 4.79 Å². The second-order valence-corrected chi connectivity index (χ2v) is 5.38. The van der Waals surface area contributed by atoms with Gasteiger partial charge in [-0.05, 0) is 45.2 Å². The van der Waals surface area contributed by atoms with Crippen LogP contribution >= 0.6 is 0 Å². The maximum absolute atomic E-state index is 12.5. The number of carbonyl (C=O) groups excluding carboxylic acids is 1. The van der Waals surface area contributed by atoms with Crippen molar-refractivity contribution in [3.8, 4) is 0 Å². The molecule has 0 spiro atoms. The van der Waals surface area contributed by atoms with E-state index < -0.39 is 0 Å². The van der Waals surface area contributed by atoms with Crippen LogP contribution in [-0.4, -0.2) is 54.0 Å². The van der Waals surface area contributed by atoms with Crippen LogP contribution in [0.3, 0.4) is 0 Å². The number of piperidine rings is 1. The van der Waals surface area contributed by atoms with Crippen molar-refractivity contribution in [1.82, 2.24) is 9.80 Å². The average molecular weight is 239 g/mol. The lowest BCUT2D eigenvalue weighted by Crippen LogP contribution is -2.52. The minimum Gasteiger partial charge on any atom is -0.340 e. The molecular formula is C13H25N3O. The van der Waals surface area contributed by atoms with Gasteiger partial charge in [-0.25, -0.2) is 0 Å². The lowest BCUT2D eigenvalue weighted by Gasteiger charge is -2.34. The molecule has 2 N–H and O–H groups in total. The Labute approximate surface area is 104 Å². The maximum Gasteiger partial charge on any atom is 0.239 e. The van der Waals surface area contributed by atoms with E-state index in [2.05, 4.69) is 11.8 Å². The van der Waals surface area contributed by atoms with Gasteiger partial charge in [0.15, 0.2) is 0 Å². The molecule has 4 heteroatoms. The molecule has 0 radical (unpaired) electrons.